The lowest BCUT2D eigenvalue weighted by Crippen LogP contribution is -2.28. The monoisotopic (exact) mass is 394 g/mol. The Hall–Kier alpha value is -3.12. The first-order chi connectivity index (χ1) is 13.5. The number of para-hydroxylation sites is 1. The molecule has 0 fully saturated rings. The van der Waals surface area contributed by atoms with Gasteiger partial charge in [-0.2, -0.15) is 0 Å². The van der Waals surface area contributed by atoms with Gasteiger partial charge in [0.15, 0.2) is 0 Å². The Morgan fingerprint density at radius 1 is 0.857 bits per heavy atom. The third-order valence-corrected chi connectivity index (χ3v) is 5.79. The number of amides is 1. The molecule has 6 heteroatoms. The Labute approximate surface area is 165 Å². The summed E-state index contributed by atoms with van der Waals surface area (Å²) in [4.78, 5) is 12.8. The van der Waals surface area contributed by atoms with Crippen molar-refractivity contribution in [1.82, 2.24) is 5.32 Å². The molecule has 1 atom stereocenters. The van der Waals surface area contributed by atoms with Crippen molar-refractivity contribution in [1.29, 1.82) is 0 Å². The molecule has 0 aromatic heterocycles. The maximum Gasteiger partial charge on any atom is 0.261 e. The van der Waals surface area contributed by atoms with Crippen LogP contribution in [0, 0.1) is 0 Å². The van der Waals surface area contributed by atoms with Gasteiger partial charge in [-0.1, -0.05) is 67.6 Å². The van der Waals surface area contributed by atoms with Gasteiger partial charge in [-0.3, -0.25) is 9.52 Å². The van der Waals surface area contributed by atoms with Crippen molar-refractivity contribution >= 4 is 21.6 Å². The number of carbonyl (C=O) groups is 1. The number of nitrogens with one attached hydrogen (secondary N) is 2. The average molecular weight is 394 g/mol. The van der Waals surface area contributed by atoms with Gasteiger partial charge in [-0.15, -0.1) is 0 Å². The third kappa shape index (κ3) is 4.78. The minimum atomic E-state index is -3.77. The van der Waals surface area contributed by atoms with Crippen LogP contribution < -0.4 is 10.0 Å². The Morgan fingerprint density at radius 2 is 1.43 bits per heavy atom. The van der Waals surface area contributed by atoms with E-state index in [2.05, 4.69) is 10.0 Å². The molecule has 1 amide bonds. The summed E-state index contributed by atoms with van der Waals surface area (Å²) in [6, 6.07) is 24.5. The lowest BCUT2D eigenvalue weighted by Gasteiger charge is -2.15. The average Bonchev–Trinajstić information content (AvgIpc) is 2.73. The molecule has 0 aliphatic carbocycles. The molecule has 0 saturated heterocycles. The third-order valence-electron chi connectivity index (χ3n) is 4.41. The van der Waals surface area contributed by atoms with E-state index in [1.807, 2.05) is 37.3 Å². The van der Waals surface area contributed by atoms with E-state index in [0.717, 1.165) is 5.56 Å². The number of hydrogen-bond donors (Lipinski definition) is 2. The highest BCUT2D eigenvalue weighted by molar-refractivity contribution is 7.92. The summed E-state index contributed by atoms with van der Waals surface area (Å²) in [5.41, 5.74) is 1.65. The second-order valence-corrected chi connectivity index (χ2v) is 8.17. The first-order valence-corrected chi connectivity index (χ1v) is 10.5. The quantitative estimate of drug-likeness (QED) is 0.635. The summed E-state index contributed by atoms with van der Waals surface area (Å²) in [6.07, 6.45) is 0. The summed E-state index contributed by atoms with van der Waals surface area (Å²) in [7, 11) is -3.77. The van der Waals surface area contributed by atoms with Crippen LogP contribution >= 0.6 is 0 Å². The van der Waals surface area contributed by atoms with Crippen LogP contribution in [0.1, 0.15) is 28.8 Å². The second kappa shape index (κ2) is 8.71. The molecule has 0 heterocycles. The van der Waals surface area contributed by atoms with Crippen molar-refractivity contribution in [2.24, 2.45) is 0 Å². The fourth-order valence-electron chi connectivity index (χ4n) is 2.81. The van der Waals surface area contributed by atoms with Crippen LogP contribution in [0.3, 0.4) is 0 Å². The molecule has 3 aromatic carbocycles. The van der Waals surface area contributed by atoms with Crippen molar-refractivity contribution in [2.45, 2.75) is 17.7 Å². The molecular weight excluding hydrogens is 372 g/mol. The van der Waals surface area contributed by atoms with Crippen LogP contribution in [0.15, 0.2) is 89.8 Å². The van der Waals surface area contributed by atoms with Crippen molar-refractivity contribution in [3.05, 3.63) is 96.1 Å². The molecule has 0 bridgehead atoms. The molecular formula is C22H22N2O3S. The van der Waals surface area contributed by atoms with Gasteiger partial charge < -0.3 is 5.32 Å². The fraction of sp³-hybridized carbons (Fsp3) is 0.136. The summed E-state index contributed by atoms with van der Waals surface area (Å²) < 4.78 is 27.7. The van der Waals surface area contributed by atoms with E-state index in [1.54, 1.807) is 42.5 Å². The molecule has 5 nitrogen and oxygen atoms in total. The molecule has 0 radical (unpaired) electrons. The summed E-state index contributed by atoms with van der Waals surface area (Å²) in [6.45, 7) is 2.47. The fourth-order valence-corrected chi connectivity index (χ4v) is 3.91. The predicted molar refractivity (Wildman–Crippen MR) is 111 cm³/mol. The Balaban J connectivity index is 1.74. The van der Waals surface area contributed by atoms with Crippen molar-refractivity contribution in [2.75, 3.05) is 11.3 Å². The topological polar surface area (TPSA) is 75.3 Å². The highest BCUT2D eigenvalue weighted by Gasteiger charge is 2.18. The summed E-state index contributed by atoms with van der Waals surface area (Å²) >= 11 is 0. The Kier molecular flexibility index (Phi) is 6.11. The van der Waals surface area contributed by atoms with E-state index in [4.69, 9.17) is 0 Å². The van der Waals surface area contributed by atoms with Gasteiger partial charge in [-0.05, 0) is 35.7 Å². The zero-order valence-corrected chi connectivity index (χ0v) is 16.3. The highest BCUT2D eigenvalue weighted by atomic mass is 32.2. The lowest BCUT2D eigenvalue weighted by molar-refractivity contribution is 0.0952. The largest absolute Gasteiger partial charge is 0.351 e. The van der Waals surface area contributed by atoms with Crippen molar-refractivity contribution in [3.63, 3.8) is 0 Å². The Morgan fingerprint density at radius 3 is 2.11 bits per heavy atom. The zero-order valence-electron chi connectivity index (χ0n) is 15.5. The predicted octanol–water partition coefficient (Wildman–Crippen LogP) is 4.02. The maximum atomic E-state index is 12.7. The number of anilines is 1. The van der Waals surface area contributed by atoms with Gasteiger partial charge in [0.1, 0.15) is 0 Å². The van der Waals surface area contributed by atoms with E-state index >= 15 is 0 Å². The summed E-state index contributed by atoms with van der Waals surface area (Å²) in [5, 5.41) is 2.89. The normalized spacial score (nSPS) is 12.2. The minimum absolute atomic E-state index is 0.137. The maximum absolute atomic E-state index is 12.7. The first kappa shape index (κ1) is 19.6. The van der Waals surface area contributed by atoms with Gasteiger partial charge in [0, 0.05) is 6.54 Å². The highest BCUT2D eigenvalue weighted by Crippen LogP contribution is 2.20. The molecule has 3 rings (SSSR count). The van der Waals surface area contributed by atoms with E-state index in [-0.39, 0.29) is 28.0 Å². The van der Waals surface area contributed by atoms with Crippen LogP contribution in [-0.4, -0.2) is 20.9 Å². The van der Waals surface area contributed by atoms with Crippen LogP contribution in [0.5, 0.6) is 0 Å². The van der Waals surface area contributed by atoms with Gasteiger partial charge in [0.25, 0.3) is 15.9 Å². The standard InChI is InChI=1S/C22H22N2O3S/c1-17(18-10-4-2-5-11-18)16-23-22(25)20-14-8-9-15-21(20)24-28(26,27)19-12-6-3-7-13-19/h2-15,17,24H,16H2,1H3,(H,23,25)/t17-/m1/s1. The first-order valence-electron chi connectivity index (χ1n) is 8.97. The number of hydrogen-bond acceptors (Lipinski definition) is 3. The van der Waals surface area contributed by atoms with Crippen LogP contribution in [0.4, 0.5) is 5.69 Å². The molecule has 0 saturated carbocycles. The van der Waals surface area contributed by atoms with E-state index in [9.17, 15) is 13.2 Å². The molecule has 0 aliphatic heterocycles. The van der Waals surface area contributed by atoms with Gasteiger partial charge in [-0.25, -0.2) is 8.42 Å². The summed E-state index contributed by atoms with van der Waals surface area (Å²) in [5.74, 6) is -0.188. The number of carbonyl (C=O) groups excluding carboxylic acids is 1. The van der Waals surface area contributed by atoms with Gasteiger partial charge in [0.05, 0.1) is 16.1 Å². The van der Waals surface area contributed by atoms with Gasteiger partial charge >= 0.3 is 0 Å². The van der Waals surface area contributed by atoms with Crippen LogP contribution in [0.2, 0.25) is 0 Å². The molecule has 28 heavy (non-hydrogen) atoms. The number of benzene rings is 3. The van der Waals surface area contributed by atoms with E-state index < -0.39 is 10.0 Å². The van der Waals surface area contributed by atoms with Crippen molar-refractivity contribution in [3.8, 4) is 0 Å². The van der Waals surface area contributed by atoms with Gasteiger partial charge in [0.2, 0.25) is 0 Å². The van der Waals surface area contributed by atoms with E-state index in [0.29, 0.717) is 6.54 Å². The minimum Gasteiger partial charge on any atom is -0.351 e. The zero-order chi connectivity index (χ0) is 20.0. The molecule has 3 aromatic rings. The van der Waals surface area contributed by atoms with Crippen LogP contribution in [-0.2, 0) is 10.0 Å². The second-order valence-electron chi connectivity index (χ2n) is 6.49. The smallest absolute Gasteiger partial charge is 0.261 e. The SMILES string of the molecule is C[C@H](CNC(=O)c1ccccc1NS(=O)(=O)c1ccccc1)c1ccccc1. The van der Waals surface area contributed by atoms with Crippen molar-refractivity contribution < 1.29 is 13.2 Å². The number of rotatable bonds is 7. The Bertz CT molecular complexity index is 1040. The van der Waals surface area contributed by atoms with Crippen LogP contribution in [0.25, 0.3) is 0 Å². The number of sulfonamides is 1. The molecule has 2 N–H and O–H groups in total. The molecule has 0 spiro atoms. The molecule has 0 aliphatic rings. The molecule has 144 valence electrons. The molecule has 0 unspecified atom stereocenters. The van der Waals surface area contributed by atoms with E-state index in [1.165, 1.54) is 12.1 Å². The lowest BCUT2D eigenvalue weighted by atomic mass is 10.0.